The average molecular weight is 313 g/mol. The van der Waals surface area contributed by atoms with Crippen molar-refractivity contribution in [2.75, 3.05) is 4.90 Å². The molecule has 23 heavy (non-hydrogen) atoms. The number of phenolic OH excluding ortho intramolecular Hbond substituents is 2. The lowest BCUT2D eigenvalue weighted by Crippen LogP contribution is -2.31. The molecule has 0 amide bonds. The number of hydrogen-bond acceptors (Lipinski definition) is 4. The molecule has 120 valence electrons. The summed E-state index contributed by atoms with van der Waals surface area (Å²) in [7, 11) is 0. The van der Waals surface area contributed by atoms with Gasteiger partial charge >= 0.3 is 5.97 Å². The number of benzene rings is 2. The lowest BCUT2D eigenvalue weighted by atomic mass is 9.92. The Morgan fingerprint density at radius 2 is 1.83 bits per heavy atom. The Balaban J connectivity index is 1.97. The molecule has 0 saturated carbocycles. The van der Waals surface area contributed by atoms with Crippen molar-refractivity contribution in [3.63, 3.8) is 0 Å². The molecular weight excluding hydrogens is 294 g/mol. The van der Waals surface area contributed by atoms with Crippen LogP contribution in [0.5, 0.6) is 11.5 Å². The number of carbonyl (C=O) groups is 1. The number of anilines is 1. The molecule has 0 aliphatic carbocycles. The van der Waals surface area contributed by atoms with Crippen LogP contribution in [0.25, 0.3) is 0 Å². The Hall–Kier alpha value is -2.69. The lowest BCUT2D eigenvalue weighted by molar-refractivity contribution is -0.137. The van der Waals surface area contributed by atoms with E-state index in [2.05, 4.69) is 0 Å². The first-order chi connectivity index (χ1) is 11.0. The summed E-state index contributed by atoms with van der Waals surface area (Å²) in [5.41, 5.74) is 2.57. The number of rotatable bonds is 4. The summed E-state index contributed by atoms with van der Waals surface area (Å²) < 4.78 is 0. The Labute approximate surface area is 134 Å². The fourth-order valence-electron chi connectivity index (χ4n) is 3.33. The minimum absolute atomic E-state index is 0.0314. The SMILES string of the molecule is CC1C(CC(=O)O)c2cccc(O)c2N1Cc1ccc(O)cc1. The number of para-hydroxylation sites is 1. The summed E-state index contributed by atoms with van der Waals surface area (Å²) >= 11 is 0. The summed E-state index contributed by atoms with van der Waals surface area (Å²) in [6, 6.07) is 12.1. The van der Waals surface area contributed by atoms with Crippen LogP contribution in [0.1, 0.15) is 30.4 Å². The standard InChI is InChI=1S/C18H19NO4/c1-11-15(9-17(22)23)14-3-2-4-16(21)18(14)19(11)10-12-5-7-13(20)8-6-12/h2-8,11,15,20-21H,9-10H2,1H3,(H,22,23). The van der Waals surface area contributed by atoms with Crippen LogP contribution in [-0.2, 0) is 11.3 Å². The summed E-state index contributed by atoms with van der Waals surface area (Å²) in [6.07, 6.45) is 0.0314. The fraction of sp³-hybridized carbons (Fsp3) is 0.278. The molecule has 2 aromatic carbocycles. The van der Waals surface area contributed by atoms with Gasteiger partial charge < -0.3 is 20.2 Å². The zero-order valence-electron chi connectivity index (χ0n) is 12.8. The van der Waals surface area contributed by atoms with Crippen molar-refractivity contribution in [1.82, 2.24) is 0 Å². The maximum absolute atomic E-state index is 11.2. The highest BCUT2D eigenvalue weighted by Crippen LogP contribution is 2.47. The highest BCUT2D eigenvalue weighted by Gasteiger charge is 2.38. The predicted octanol–water partition coefficient (Wildman–Crippen LogP) is 3.06. The Morgan fingerprint density at radius 3 is 2.48 bits per heavy atom. The van der Waals surface area contributed by atoms with Crippen molar-refractivity contribution in [2.45, 2.75) is 31.8 Å². The van der Waals surface area contributed by atoms with Crippen molar-refractivity contribution in [2.24, 2.45) is 0 Å². The number of nitrogens with zero attached hydrogens (tertiary/aromatic N) is 1. The first kappa shape index (κ1) is 15.2. The molecule has 5 heteroatoms. The number of aliphatic carboxylic acids is 1. The van der Waals surface area contributed by atoms with Crippen LogP contribution < -0.4 is 4.90 Å². The summed E-state index contributed by atoms with van der Waals surface area (Å²) in [4.78, 5) is 13.2. The topological polar surface area (TPSA) is 81.0 Å². The van der Waals surface area contributed by atoms with E-state index in [0.717, 1.165) is 11.1 Å². The van der Waals surface area contributed by atoms with Gasteiger partial charge in [-0.05, 0) is 36.2 Å². The smallest absolute Gasteiger partial charge is 0.304 e. The molecular formula is C18H19NO4. The van der Waals surface area contributed by atoms with Crippen LogP contribution in [0.15, 0.2) is 42.5 Å². The van der Waals surface area contributed by atoms with Crippen molar-refractivity contribution < 1.29 is 20.1 Å². The molecule has 2 atom stereocenters. The number of hydrogen-bond donors (Lipinski definition) is 3. The maximum atomic E-state index is 11.2. The van der Waals surface area contributed by atoms with Crippen LogP contribution in [-0.4, -0.2) is 27.3 Å². The molecule has 0 fully saturated rings. The number of carboxylic acid groups (broad SMARTS) is 1. The van der Waals surface area contributed by atoms with Gasteiger partial charge in [0.1, 0.15) is 11.5 Å². The molecule has 1 aliphatic rings. The highest BCUT2D eigenvalue weighted by atomic mass is 16.4. The largest absolute Gasteiger partial charge is 0.508 e. The first-order valence-electron chi connectivity index (χ1n) is 7.55. The van der Waals surface area contributed by atoms with Crippen LogP contribution >= 0.6 is 0 Å². The summed E-state index contributed by atoms with van der Waals surface area (Å²) in [5.74, 6) is -0.634. The number of phenols is 2. The molecule has 0 radical (unpaired) electrons. The van der Waals surface area contributed by atoms with Gasteiger partial charge in [0.05, 0.1) is 12.1 Å². The zero-order chi connectivity index (χ0) is 16.6. The molecule has 1 aliphatic heterocycles. The summed E-state index contributed by atoms with van der Waals surface area (Å²) in [6.45, 7) is 2.52. The molecule has 0 spiro atoms. The van der Waals surface area contributed by atoms with Crippen LogP contribution in [0, 0.1) is 0 Å². The van der Waals surface area contributed by atoms with E-state index in [1.54, 1.807) is 24.3 Å². The normalized spacial score (nSPS) is 19.6. The van der Waals surface area contributed by atoms with E-state index in [0.29, 0.717) is 12.2 Å². The molecule has 5 nitrogen and oxygen atoms in total. The molecule has 1 heterocycles. The van der Waals surface area contributed by atoms with Crippen molar-refractivity contribution >= 4 is 11.7 Å². The highest BCUT2D eigenvalue weighted by molar-refractivity contribution is 5.74. The van der Waals surface area contributed by atoms with Gasteiger partial charge in [0.2, 0.25) is 0 Å². The van der Waals surface area contributed by atoms with Gasteiger partial charge in [-0.25, -0.2) is 0 Å². The first-order valence-corrected chi connectivity index (χ1v) is 7.55. The number of aromatic hydroxyl groups is 2. The minimum atomic E-state index is -0.845. The Morgan fingerprint density at radius 1 is 1.13 bits per heavy atom. The van der Waals surface area contributed by atoms with Crippen LogP contribution in [0.2, 0.25) is 0 Å². The van der Waals surface area contributed by atoms with Crippen molar-refractivity contribution in [3.05, 3.63) is 53.6 Å². The summed E-state index contributed by atoms with van der Waals surface area (Å²) in [5, 5.41) is 28.8. The van der Waals surface area contributed by atoms with E-state index in [9.17, 15) is 20.1 Å². The van der Waals surface area contributed by atoms with Crippen molar-refractivity contribution in [1.29, 1.82) is 0 Å². The second kappa shape index (κ2) is 5.83. The molecule has 3 rings (SSSR count). The van der Waals surface area contributed by atoms with Crippen molar-refractivity contribution in [3.8, 4) is 11.5 Å². The quantitative estimate of drug-likeness (QED) is 0.808. The predicted molar refractivity (Wildman–Crippen MR) is 86.9 cm³/mol. The van der Waals surface area contributed by atoms with Gasteiger partial charge in [-0.1, -0.05) is 24.3 Å². The van der Waals surface area contributed by atoms with E-state index in [-0.39, 0.29) is 29.9 Å². The third-order valence-electron chi connectivity index (χ3n) is 4.49. The lowest BCUT2D eigenvalue weighted by Gasteiger charge is -2.27. The van der Waals surface area contributed by atoms with Gasteiger partial charge in [-0.3, -0.25) is 4.79 Å². The van der Waals surface area contributed by atoms with E-state index in [1.165, 1.54) is 0 Å². The Kier molecular flexibility index (Phi) is 3.86. The second-order valence-corrected chi connectivity index (χ2v) is 5.95. The van der Waals surface area contributed by atoms with Gasteiger partial charge in [0.15, 0.2) is 0 Å². The maximum Gasteiger partial charge on any atom is 0.304 e. The van der Waals surface area contributed by atoms with E-state index in [4.69, 9.17) is 0 Å². The van der Waals surface area contributed by atoms with E-state index in [1.807, 2.05) is 30.0 Å². The van der Waals surface area contributed by atoms with Gasteiger partial charge in [0, 0.05) is 18.5 Å². The third kappa shape index (κ3) is 2.82. The van der Waals surface area contributed by atoms with Gasteiger partial charge in [0.25, 0.3) is 0 Å². The van der Waals surface area contributed by atoms with E-state index >= 15 is 0 Å². The molecule has 2 unspecified atom stereocenters. The number of fused-ring (bicyclic) bond motifs is 1. The molecule has 0 bridgehead atoms. The Bertz CT molecular complexity index is 726. The third-order valence-corrected chi connectivity index (χ3v) is 4.49. The monoisotopic (exact) mass is 313 g/mol. The second-order valence-electron chi connectivity index (χ2n) is 5.95. The average Bonchev–Trinajstić information content (AvgIpc) is 2.76. The van der Waals surface area contributed by atoms with Gasteiger partial charge in [-0.2, -0.15) is 0 Å². The van der Waals surface area contributed by atoms with Crippen LogP contribution in [0.4, 0.5) is 5.69 Å². The molecule has 3 N–H and O–H groups in total. The van der Waals surface area contributed by atoms with E-state index < -0.39 is 5.97 Å². The fourth-order valence-corrected chi connectivity index (χ4v) is 3.33. The molecule has 2 aromatic rings. The molecule has 0 aromatic heterocycles. The van der Waals surface area contributed by atoms with Crippen LogP contribution in [0.3, 0.4) is 0 Å². The zero-order valence-corrected chi connectivity index (χ0v) is 12.8. The van der Waals surface area contributed by atoms with Gasteiger partial charge in [-0.15, -0.1) is 0 Å². The molecule has 0 saturated heterocycles. The number of carboxylic acids is 1. The minimum Gasteiger partial charge on any atom is -0.508 e.